The standard InChI is InChI=1S/C51H38N2/c1-35-21-25-39(26-22-35)52(37-13-5-3-6-14-37)41-29-31-45-46-32-30-42(53(38-15-7-4-8-16-38)40-27-23-36(2)24-28-40)34-50(46)51(49(45)33-41)47-19-11-9-17-43(47)44-18-10-12-20-48(44)51/h3-34H,1-2H3. The van der Waals surface area contributed by atoms with Crippen LogP contribution in [0.4, 0.5) is 34.1 Å². The fourth-order valence-corrected chi connectivity index (χ4v) is 8.83. The molecule has 0 aromatic heterocycles. The number of nitrogens with zero attached hydrogens (tertiary/aromatic N) is 2. The van der Waals surface area contributed by atoms with Crippen molar-refractivity contribution < 1.29 is 0 Å². The van der Waals surface area contributed by atoms with Gasteiger partial charge in [-0.15, -0.1) is 0 Å². The molecule has 53 heavy (non-hydrogen) atoms. The molecule has 2 nitrogen and oxygen atoms in total. The molecule has 8 aromatic carbocycles. The molecule has 2 aliphatic carbocycles. The van der Waals surface area contributed by atoms with E-state index in [2.05, 4.69) is 218 Å². The number of hydrogen-bond acceptors (Lipinski definition) is 2. The van der Waals surface area contributed by atoms with Gasteiger partial charge in [-0.2, -0.15) is 0 Å². The first kappa shape index (κ1) is 31.1. The number of hydrogen-bond donors (Lipinski definition) is 0. The number of benzene rings is 8. The molecule has 0 radical (unpaired) electrons. The molecule has 0 saturated carbocycles. The lowest BCUT2D eigenvalue weighted by Gasteiger charge is -2.33. The molecule has 2 aliphatic rings. The second-order valence-corrected chi connectivity index (χ2v) is 14.3. The van der Waals surface area contributed by atoms with Gasteiger partial charge < -0.3 is 9.80 Å². The molecule has 0 aliphatic heterocycles. The second kappa shape index (κ2) is 12.3. The van der Waals surface area contributed by atoms with Crippen LogP contribution in [-0.4, -0.2) is 0 Å². The van der Waals surface area contributed by atoms with Crippen LogP contribution >= 0.6 is 0 Å². The van der Waals surface area contributed by atoms with Crippen LogP contribution in [0.25, 0.3) is 22.3 Å². The second-order valence-electron chi connectivity index (χ2n) is 14.3. The van der Waals surface area contributed by atoms with E-state index in [1.165, 1.54) is 55.6 Å². The van der Waals surface area contributed by atoms with E-state index in [0.29, 0.717) is 0 Å². The highest BCUT2D eigenvalue weighted by Gasteiger charge is 2.52. The van der Waals surface area contributed by atoms with E-state index in [4.69, 9.17) is 0 Å². The van der Waals surface area contributed by atoms with Gasteiger partial charge in [0.25, 0.3) is 0 Å². The van der Waals surface area contributed by atoms with Gasteiger partial charge in [0.05, 0.1) is 5.41 Å². The summed E-state index contributed by atoms with van der Waals surface area (Å²) in [7, 11) is 0. The zero-order valence-corrected chi connectivity index (χ0v) is 29.9. The summed E-state index contributed by atoms with van der Waals surface area (Å²) >= 11 is 0. The quantitative estimate of drug-likeness (QED) is 0.173. The van der Waals surface area contributed by atoms with Gasteiger partial charge in [-0.1, -0.05) is 132 Å². The van der Waals surface area contributed by atoms with Crippen molar-refractivity contribution in [2.75, 3.05) is 9.80 Å². The van der Waals surface area contributed by atoms with Crippen LogP contribution in [0, 0.1) is 13.8 Å². The minimum absolute atomic E-state index is 0.505. The Hall–Kier alpha value is -6.64. The third-order valence-electron chi connectivity index (χ3n) is 11.2. The highest BCUT2D eigenvalue weighted by molar-refractivity contribution is 5.97. The highest BCUT2D eigenvalue weighted by Crippen LogP contribution is 2.64. The fraction of sp³-hybridized carbons (Fsp3) is 0.0588. The summed E-state index contributed by atoms with van der Waals surface area (Å²) in [5.74, 6) is 0. The maximum absolute atomic E-state index is 2.47. The monoisotopic (exact) mass is 678 g/mol. The molecule has 0 heterocycles. The minimum Gasteiger partial charge on any atom is -0.310 e. The predicted molar refractivity (Wildman–Crippen MR) is 222 cm³/mol. The Labute approximate surface area is 311 Å². The summed E-state index contributed by atoms with van der Waals surface area (Å²) in [4.78, 5) is 4.78. The van der Waals surface area contributed by atoms with Crippen molar-refractivity contribution in [1.82, 2.24) is 0 Å². The molecule has 2 heteroatoms. The van der Waals surface area contributed by atoms with Gasteiger partial charge >= 0.3 is 0 Å². The Balaban J connectivity index is 1.25. The molecule has 10 rings (SSSR count). The third kappa shape index (κ3) is 4.80. The van der Waals surface area contributed by atoms with Gasteiger partial charge in [0.1, 0.15) is 0 Å². The van der Waals surface area contributed by atoms with E-state index in [1.54, 1.807) is 0 Å². The molecule has 0 atom stereocenters. The number of anilines is 6. The van der Waals surface area contributed by atoms with Gasteiger partial charge in [-0.3, -0.25) is 0 Å². The normalized spacial score (nSPS) is 12.9. The largest absolute Gasteiger partial charge is 0.310 e. The average Bonchev–Trinajstić information content (AvgIpc) is 3.67. The average molecular weight is 679 g/mol. The van der Waals surface area contributed by atoms with Crippen molar-refractivity contribution in [3.63, 3.8) is 0 Å². The van der Waals surface area contributed by atoms with Crippen molar-refractivity contribution in [2.45, 2.75) is 19.3 Å². The van der Waals surface area contributed by atoms with Crippen molar-refractivity contribution in [3.8, 4) is 22.3 Å². The molecule has 0 N–H and O–H groups in total. The molecule has 0 fully saturated rings. The van der Waals surface area contributed by atoms with Crippen LogP contribution in [-0.2, 0) is 5.41 Å². The Bertz CT molecular complexity index is 2440. The predicted octanol–water partition coefficient (Wildman–Crippen LogP) is 13.6. The highest BCUT2D eigenvalue weighted by atomic mass is 15.1. The molecule has 0 saturated heterocycles. The van der Waals surface area contributed by atoms with Crippen molar-refractivity contribution in [1.29, 1.82) is 0 Å². The number of aryl methyl sites for hydroxylation is 2. The SMILES string of the molecule is Cc1ccc(N(c2ccccc2)c2ccc3c(c2)C2(c4ccccc4-c4ccccc42)c2cc(N(c4ccccc4)c4ccc(C)cc4)ccc2-3)cc1. The molecular weight excluding hydrogens is 641 g/mol. The van der Waals surface area contributed by atoms with E-state index in [9.17, 15) is 0 Å². The number of para-hydroxylation sites is 2. The minimum atomic E-state index is -0.505. The molecule has 0 amide bonds. The third-order valence-corrected chi connectivity index (χ3v) is 11.2. The Morgan fingerprint density at radius 3 is 1.02 bits per heavy atom. The first-order valence-electron chi connectivity index (χ1n) is 18.4. The summed E-state index contributed by atoms with van der Waals surface area (Å²) in [6.07, 6.45) is 0. The zero-order valence-electron chi connectivity index (χ0n) is 29.9. The summed E-state index contributed by atoms with van der Waals surface area (Å²) in [5.41, 5.74) is 19.2. The lowest BCUT2D eigenvalue weighted by atomic mass is 9.70. The summed E-state index contributed by atoms with van der Waals surface area (Å²) in [6.45, 7) is 4.29. The first-order valence-corrected chi connectivity index (χ1v) is 18.4. The zero-order chi connectivity index (χ0) is 35.5. The Morgan fingerprint density at radius 2 is 0.604 bits per heavy atom. The van der Waals surface area contributed by atoms with E-state index in [-0.39, 0.29) is 0 Å². The Morgan fingerprint density at radius 1 is 0.283 bits per heavy atom. The fourth-order valence-electron chi connectivity index (χ4n) is 8.83. The number of fused-ring (bicyclic) bond motifs is 10. The molecule has 8 aromatic rings. The van der Waals surface area contributed by atoms with Crippen molar-refractivity contribution >= 4 is 34.1 Å². The molecule has 252 valence electrons. The van der Waals surface area contributed by atoms with E-state index in [0.717, 1.165) is 34.1 Å². The van der Waals surface area contributed by atoms with Gasteiger partial charge in [-0.25, -0.2) is 0 Å². The van der Waals surface area contributed by atoms with Gasteiger partial charge in [0.15, 0.2) is 0 Å². The summed E-state index contributed by atoms with van der Waals surface area (Å²) in [5, 5.41) is 0. The molecule has 0 unspecified atom stereocenters. The maximum atomic E-state index is 2.47. The molecule has 0 bridgehead atoms. The lowest BCUT2D eigenvalue weighted by molar-refractivity contribution is 0.793. The Kier molecular flexibility index (Phi) is 7.19. The maximum Gasteiger partial charge on any atom is 0.0727 e. The molecular formula is C51H38N2. The van der Waals surface area contributed by atoms with Gasteiger partial charge in [0.2, 0.25) is 0 Å². The topological polar surface area (TPSA) is 6.48 Å². The number of rotatable bonds is 6. The molecule has 1 spiro atoms. The van der Waals surface area contributed by atoms with Crippen LogP contribution in [0.3, 0.4) is 0 Å². The first-order chi connectivity index (χ1) is 26.1. The van der Waals surface area contributed by atoms with E-state index >= 15 is 0 Å². The van der Waals surface area contributed by atoms with Crippen LogP contribution in [0.15, 0.2) is 194 Å². The lowest BCUT2D eigenvalue weighted by Crippen LogP contribution is -2.26. The summed E-state index contributed by atoms with van der Waals surface area (Å²) < 4.78 is 0. The smallest absolute Gasteiger partial charge is 0.0727 e. The summed E-state index contributed by atoms with van der Waals surface area (Å²) in [6, 6.07) is 71.6. The van der Waals surface area contributed by atoms with Crippen molar-refractivity contribution in [3.05, 3.63) is 228 Å². The van der Waals surface area contributed by atoms with Crippen molar-refractivity contribution in [2.24, 2.45) is 0 Å². The van der Waals surface area contributed by atoms with Crippen LogP contribution in [0.2, 0.25) is 0 Å². The van der Waals surface area contributed by atoms with E-state index in [1.807, 2.05) is 0 Å². The van der Waals surface area contributed by atoms with Crippen LogP contribution in [0.5, 0.6) is 0 Å². The van der Waals surface area contributed by atoms with Crippen LogP contribution < -0.4 is 9.80 Å². The van der Waals surface area contributed by atoms with Gasteiger partial charge in [0, 0.05) is 34.1 Å². The van der Waals surface area contributed by atoms with Crippen LogP contribution in [0.1, 0.15) is 33.4 Å². The van der Waals surface area contributed by atoms with Gasteiger partial charge in [-0.05, 0) is 131 Å². The van der Waals surface area contributed by atoms with E-state index < -0.39 is 5.41 Å².